The van der Waals surface area contributed by atoms with Crippen LogP contribution in [-0.2, 0) is 4.79 Å². The summed E-state index contributed by atoms with van der Waals surface area (Å²) in [6, 6.07) is 1.80. The fraction of sp³-hybridized carbons (Fsp3) is 0.727. The molecule has 3 amide bonds. The molecule has 0 spiro atoms. The van der Waals surface area contributed by atoms with Crippen molar-refractivity contribution in [2.24, 2.45) is 5.41 Å². The molecular weight excluding hydrogens is 206 g/mol. The Balaban J connectivity index is 2.72. The highest BCUT2D eigenvalue weighted by Gasteiger charge is 2.45. The molecule has 0 radical (unpaired) electrons. The number of imide groups is 1. The van der Waals surface area contributed by atoms with Crippen molar-refractivity contribution in [3.05, 3.63) is 0 Å². The van der Waals surface area contributed by atoms with Crippen molar-refractivity contribution in [1.29, 1.82) is 5.26 Å². The van der Waals surface area contributed by atoms with Gasteiger partial charge in [-0.2, -0.15) is 5.26 Å². The van der Waals surface area contributed by atoms with Crippen molar-refractivity contribution in [2.75, 3.05) is 6.54 Å². The van der Waals surface area contributed by atoms with Crippen LogP contribution >= 0.6 is 0 Å². The Bertz CT molecular complexity index is 366. The van der Waals surface area contributed by atoms with E-state index in [-0.39, 0.29) is 11.9 Å². The molecule has 1 N–H and O–H groups in total. The second-order valence-corrected chi connectivity index (χ2v) is 5.22. The van der Waals surface area contributed by atoms with Crippen LogP contribution in [0.15, 0.2) is 0 Å². The van der Waals surface area contributed by atoms with Crippen molar-refractivity contribution in [1.82, 2.24) is 10.2 Å². The van der Waals surface area contributed by atoms with E-state index in [2.05, 4.69) is 11.4 Å². The van der Waals surface area contributed by atoms with E-state index in [0.29, 0.717) is 13.0 Å². The molecule has 5 heteroatoms. The van der Waals surface area contributed by atoms with E-state index in [1.165, 1.54) is 4.90 Å². The molecule has 1 saturated heterocycles. The Morgan fingerprint density at radius 2 is 2.00 bits per heavy atom. The number of nitrogens with zero attached hydrogens (tertiary/aromatic N) is 2. The molecule has 1 aliphatic rings. The molecule has 0 aromatic heterocycles. The van der Waals surface area contributed by atoms with Crippen LogP contribution in [0.5, 0.6) is 0 Å². The first kappa shape index (κ1) is 12.5. The molecule has 0 aromatic carbocycles. The maximum Gasteiger partial charge on any atom is 0.324 e. The third-order valence-corrected chi connectivity index (χ3v) is 2.96. The minimum absolute atomic E-state index is 0.285. The third kappa shape index (κ3) is 2.16. The lowest BCUT2D eigenvalue weighted by molar-refractivity contribution is -0.125. The van der Waals surface area contributed by atoms with Crippen LogP contribution in [0.25, 0.3) is 0 Å². The monoisotopic (exact) mass is 223 g/mol. The number of urea groups is 1. The van der Waals surface area contributed by atoms with Gasteiger partial charge in [0, 0.05) is 6.54 Å². The van der Waals surface area contributed by atoms with Gasteiger partial charge in [0.15, 0.2) is 0 Å². The molecule has 1 aliphatic heterocycles. The van der Waals surface area contributed by atoms with Gasteiger partial charge < -0.3 is 4.90 Å². The van der Waals surface area contributed by atoms with Gasteiger partial charge in [0.25, 0.3) is 5.91 Å². The Morgan fingerprint density at radius 3 is 2.38 bits per heavy atom. The van der Waals surface area contributed by atoms with E-state index in [0.717, 1.165) is 0 Å². The van der Waals surface area contributed by atoms with Gasteiger partial charge in [-0.3, -0.25) is 10.1 Å². The Hall–Kier alpha value is -1.57. The molecule has 0 aliphatic carbocycles. The maximum atomic E-state index is 11.5. The van der Waals surface area contributed by atoms with Crippen molar-refractivity contribution < 1.29 is 9.59 Å². The van der Waals surface area contributed by atoms with Gasteiger partial charge in [-0.15, -0.1) is 0 Å². The summed E-state index contributed by atoms with van der Waals surface area (Å²) < 4.78 is 0. The average Bonchev–Trinajstić information content (AvgIpc) is 2.35. The zero-order chi connectivity index (χ0) is 12.6. The summed E-state index contributed by atoms with van der Waals surface area (Å²) >= 11 is 0. The van der Waals surface area contributed by atoms with Crippen molar-refractivity contribution in [3.8, 4) is 6.07 Å². The molecular formula is C11H17N3O2. The van der Waals surface area contributed by atoms with Gasteiger partial charge in [0.05, 0.1) is 11.5 Å². The van der Waals surface area contributed by atoms with Crippen LogP contribution in [0.2, 0.25) is 0 Å². The number of nitriles is 1. The standard InChI is InChI=1S/C11H17N3O2/c1-10(2,7-12)5-6-14-9(16)13-8(15)11(14,3)4/h5-6H2,1-4H3,(H,13,15,16). The molecule has 1 fully saturated rings. The highest BCUT2D eigenvalue weighted by atomic mass is 16.2. The highest BCUT2D eigenvalue weighted by Crippen LogP contribution is 2.25. The smallest absolute Gasteiger partial charge is 0.310 e. The van der Waals surface area contributed by atoms with Gasteiger partial charge in [-0.05, 0) is 34.1 Å². The fourth-order valence-electron chi connectivity index (χ4n) is 1.52. The lowest BCUT2D eigenvalue weighted by atomic mass is 9.90. The summed E-state index contributed by atoms with van der Waals surface area (Å²) in [6.45, 7) is 7.44. The first-order valence-corrected chi connectivity index (χ1v) is 5.25. The average molecular weight is 223 g/mol. The topological polar surface area (TPSA) is 73.2 Å². The summed E-state index contributed by atoms with van der Waals surface area (Å²) in [5.41, 5.74) is -1.30. The van der Waals surface area contributed by atoms with Gasteiger partial charge in [0.2, 0.25) is 0 Å². The molecule has 16 heavy (non-hydrogen) atoms. The fourth-order valence-corrected chi connectivity index (χ4v) is 1.52. The van der Waals surface area contributed by atoms with Gasteiger partial charge in [0.1, 0.15) is 5.54 Å². The Kier molecular flexibility index (Phi) is 2.95. The summed E-state index contributed by atoms with van der Waals surface area (Å²) in [7, 11) is 0. The molecule has 0 saturated carbocycles. The minimum atomic E-state index is -0.817. The molecule has 1 rings (SSSR count). The number of carbonyl (C=O) groups is 2. The second-order valence-electron chi connectivity index (χ2n) is 5.22. The van der Waals surface area contributed by atoms with E-state index >= 15 is 0 Å². The highest BCUT2D eigenvalue weighted by molar-refractivity contribution is 6.06. The number of hydrogen-bond donors (Lipinski definition) is 1. The largest absolute Gasteiger partial charge is 0.324 e. The quantitative estimate of drug-likeness (QED) is 0.732. The van der Waals surface area contributed by atoms with Crippen LogP contribution in [0.4, 0.5) is 4.79 Å². The first-order valence-electron chi connectivity index (χ1n) is 5.25. The normalized spacial score (nSPS) is 19.6. The van der Waals surface area contributed by atoms with Gasteiger partial charge in [-0.25, -0.2) is 4.79 Å². The van der Waals surface area contributed by atoms with Crippen LogP contribution in [0.3, 0.4) is 0 Å². The van der Waals surface area contributed by atoms with E-state index in [9.17, 15) is 9.59 Å². The number of carbonyl (C=O) groups excluding carboxylic acids is 2. The predicted octanol–water partition coefficient (Wildman–Crippen LogP) is 1.26. The van der Waals surface area contributed by atoms with Crippen molar-refractivity contribution >= 4 is 11.9 Å². The number of hydrogen-bond acceptors (Lipinski definition) is 3. The molecule has 0 atom stereocenters. The van der Waals surface area contributed by atoms with E-state index in [1.54, 1.807) is 13.8 Å². The van der Waals surface area contributed by atoms with Crippen LogP contribution in [-0.4, -0.2) is 28.9 Å². The summed E-state index contributed by atoms with van der Waals surface area (Å²) in [5, 5.41) is 11.2. The molecule has 0 aromatic rings. The predicted molar refractivity (Wildman–Crippen MR) is 58.3 cm³/mol. The van der Waals surface area contributed by atoms with Crippen LogP contribution in [0, 0.1) is 16.7 Å². The van der Waals surface area contributed by atoms with E-state index in [4.69, 9.17) is 5.26 Å². The SMILES string of the molecule is CC(C)(C#N)CCN1C(=O)NC(=O)C1(C)C. The Labute approximate surface area is 95.4 Å². The number of amides is 3. The van der Waals surface area contributed by atoms with Crippen LogP contribution in [0.1, 0.15) is 34.1 Å². The zero-order valence-corrected chi connectivity index (χ0v) is 10.1. The zero-order valence-electron chi connectivity index (χ0n) is 10.1. The second kappa shape index (κ2) is 3.78. The van der Waals surface area contributed by atoms with Crippen molar-refractivity contribution in [2.45, 2.75) is 39.7 Å². The van der Waals surface area contributed by atoms with E-state index in [1.807, 2.05) is 13.8 Å². The lowest BCUT2D eigenvalue weighted by Gasteiger charge is -2.29. The van der Waals surface area contributed by atoms with E-state index < -0.39 is 11.0 Å². The summed E-state index contributed by atoms with van der Waals surface area (Å²) in [5.74, 6) is -0.285. The molecule has 1 heterocycles. The molecule has 88 valence electrons. The van der Waals surface area contributed by atoms with Gasteiger partial charge >= 0.3 is 6.03 Å². The summed E-state index contributed by atoms with van der Waals surface area (Å²) in [6.07, 6.45) is 0.549. The Morgan fingerprint density at radius 1 is 1.44 bits per heavy atom. The molecule has 5 nitrogen and oxygen atoms in total. The minimum Gasteiger partial charge on any atom is -0.310 e. The summed E-state index contributed by atoms with van der Waals surface area (Å²) in [4.78, 5) is 24.5. The number of nitrogens with one attached hydrogen (secondary N) is 1. The van der Waals surface area contributed by atoms with Crippen LogP contribution < -0.4 is 5.32 Å². The molecule has 0 bridgehead atoms. The number of rotatable bonds is 3. The first-order chi connectivity index (χ1) is 7.20. The third-order valence-electron chi connectivity index (χ3n) is 2.96. The van der Waals surface area contributed by atoms with Crippen molar-refractivity contribution in [3.63, 3.8) is 0 Å². The van der Waals surface area contributed by atoms with Gasteiger partial charge in [-0.1, -0.05) is 0 Å². The lowest BCUT2D eigenvalue weighted by Crippen LogP contribution is -2.45. The maximum absolute atomic E-state index is 11.5. The molecule has 0 unspecified atom stereocenters.